The average Bonchev–Trinajstić information content (AvgIpc) is 3.62. The van der Waals surface area contributed by atoms with Gasteiger partial charge in [0.15, 0.2) is 0 Å². The first-order valence-corrected chi connectivity index (χ1v) is 19.2. The molecule has 2 N–H and O–H groups in total. The molecule has 6 aliphatic rings. The van der Waals surface area contributed by atoms with E-state index in [-0.39, 0.29) is 40.4 Å². The Hall–Kier alpha value is -3.92. The predicted octanol–water partition coefficient (Wildman–Crippen LogP) is 7.31. The fraction of sp³-hybridized carbons (Fsp3) is 0.610. The van der Waals surface area contributed by atoms with Gasteiger partial charge in [-0.2, -0.15) is 5.10 Å². The lowest BCUT2D eigenvalue weighted by atomic mass is 9.51. The van der Waals surface area contributed by atoms with Crippen molar-refractivity contribution in [1.29, 1.82) is 0 Å². The van der Waals surface area contributed by atoms with Gasteiger partial charge in [0.1, 0.15) is 11.9 Å². The third-order valence-electron chi connectivity index (χ3n) is 13.5. The van der Waals surface area contributed by atoms with Crippen LogP contribution in [0.2, 0.25) is 0 Å². The number of hydrogen-bond acceptors (Lipinski definition) is 7. The first-order chi connectivity index (χ1) is 24.6. The van der Waals surface area contributed by atoms with Crippen LogP contribution in [0.5, 0.6) is 5.75 Å². The number of pyridine rings is 1. The number of ether oxygens (including phenoxy) is 2. The summed E-state index contributed by atoms with van der Waals surface area (Å²) in [5, 5.41) is 17.6. The number of carbonyl (C=O) groups is 2. The summed E-state index contributed by atoms with van der Waals surface area (Å²) in [6.07, 6.45) is 19.0. The van der Waals surface area contributed by atoms with Crippen LogP contribution in [0.25, 0.3) is 11.1 Å². The summed E-state index contributed by atoms with van der Waals surface area (Å²) < 4.78 is 13.4. The monoisotopic (exact) mass is 695 g/mol. The van der Waals surface area contributed by atoms with Gasteiger partial charge in [-0.3, -0.25) is 14.5 Å². The summed E-state index contributed by atoms with van der Waals surface area (Å²) in [4.78, 5) is 32.9. The van der Waals surface area contributed by atoms with Gasteiger partial charge in [-0.25, -0.2) is 4.79 Å². The van der Waals surface area contributed by atoms with Crippen LogP contribution in [-0.2, 0) is 26.9 Å². The quantitative estimate of drug-likeness (QED) is 0.241. The van der Waals surface area contributed by atoms with E-state index in [1.807, 2.05) is 12.4 Å². The summed E-state index contributed by atoms with van der Waals surface area (Å²) in [5.74, 6) is 0.812. The summed E-state index contributed by atoms with van der Waals surface area (Å²) >= 11 is 0. The van der Waals surface area contributed by atoms with Crippen molar-refractivity contribution < 1.29 is 24.2 Å². The van der Waals surface area contributed by atoms with E-state index in [4.69, 9.17) is 19.6 Å². The van der Waals surface area contributed by atoms with Gasteiger partial charge >= 0.3 is 6.09 Å². The minimum Gasteiger partial charge on any atom is -0.496 e. The maximum Gasteiger partial charge on any atom is 0.410 e. The number of aliphatic hydroxyl groups excluding tert-OH is 1. The lowest BCUT2D eigenvalue weighted by Crippen LogP contribution is -2.54. The number of aliphatic hydroxyl groups is 1. The molecule has 1 aliphatic heterocycles. The lowest BCUT2D eigenvalue weighted by molar-refractivity contribution is -0.121. The van der Waals surface area contributed by atoms with Gasteiger partial charge in [0.05, 0.1) is 49.4 Å². The van der Waals surface area contributed by atoms with E-state index in [0.29, 0.717) is 38.8 Å². The van der Waals surface area contributed by atoms with Gasteiger partial charge in [-0.15, -0.1) is 0 Å². The van der Waals surface area contributed by atoms with E-state index in [9.17, 15) is 14.7 Å². The molecule has 51 heavy (non-hydrogen) atoms. The molecule has 2 bridgehead atoms. The molecule has 272 valence electrons. The molecule has 0 unspecified atom stereocenters. The van der Waals surface area contributed by atoms with E-state index in [1.54, 1.807) is 7.11 Å². The molecule has 3 aromatic rings. The van der Waals surface area contributed by atoms with Gasteiger partial charge in [-0.1, -0.05) is 12.1 Å². The second-order valence-corrected chi connectivity index (χ2v) is 16.8. The minimum atomic E-state index is -0.454. The first-order valence-electron chi connectivity index (χ1n) is 19.2. The molecule has 6 fully saturated rings. The Bertz CT molecular complexity index is 1760. The smallest absolute Gasteiger partial charge is 0.410 e. The van der Waals surface area contributed by atoms with E-state index >= 15 is 0 Å². The minimum absolute atomic E-state index is 0.0159. The number of amides is 2. The standard InChI is InChI=1S/C41H53N5O5/c1-27-19-31(7-10-36(27)50-3)41-16-13-40(14-17-41,15-18-41)21-35-34(20-29(22-42-35)30-23-43-46(24-30)39(2)11-4-12-39)44-37(48)28-5-8-33(9-6-28)51-38(49)45-25-32(47)26-45/h7,10,19-20,22-24,28,32-33,47H,4-6,8-9,11-18,21,25-26H2,1-3H3,(H,44,48). The maximum absolute atomic E-state index is 13.9. The van der Waals surface area contributed by atoms with Crippen LogP contribution in [0.15, 0.2) is 42.9 Å². The maximum atomic E-state index is 13.9. The van der Waals surface area contributed by atoms with Gasteiger partial charge in [0.2, 0.25) is 5.91 Å². The number of anilines is 1. The largest absolute Gasteiger partial charge is 0.496 e. The molecular weight excluding hydrogens is 642 g/mol. The third-order valence-corrected chi connectivity index (χ3v) is 13.5. The topological polar surface area (TPSA) is 119 Å². The van der Waals surface area contributed by atoms with Crippen molar-refractivity contribution in [1.82, 2.24) is 19.7 Å². The number of nitrogens with one attached hydrogen (secondary N) is 1. The molecule has 1 saturated heterocycles. The van der Waals surface area contributed by atoms with Gasteiger partial charge in [0, 0.05) is 29.4 Å². The number of β-amino-alcohol motifs (C(OH)–C–C–N with tert-alkyl or cyclic N) is 1. The SMILES string of the molecule is COc1ccc(C23CCC(Cc4ncc(-c5cnn(C6(C)CCC6)c5)cc4NC(=O)C4CCC(OC(=O)N5CC(O)C5)CC4)(CC2)CC3)cc1C. The van der Waals surface area contributed by atoms with Gasteiger partial charge < -0.3 is 24.8 Å². The normalized spacial score (nSPS) is 28.4. The molecule has 2 amide bonds. The Kier molecular flexibility index (Phi) is 8.88. The lowest BCUT2D eigenvalue weighted by Gasteiger charge is -2.54. The highest BCUT2D eigenvalue weighted by Crippen LogP contribution is 2.59. The Balaban J connectivity index is 0.982. The van der Waals surface area contributed by atoms with Crippen LogP contribution in [0.4, 0.5) is 10.5 Å². The molecule has 0 spiro atoms. The zero-order valence-electron chi connectivity index (χ0n) is 30.5. The molecule has 2 aromatic heterocycles. The molecular formula is C41H53N5O5. The molecule has 5 aliphatic carbocycles. The Morgan fingerprint density at radius 2 is 1.69 bits per heavy atom. The van der Waals surface area contributed by atoms with Crippen molar-refractivity contribution in [3.63, 3.8) is 0 Å². The number of rotatable bonds is 9. The summed E-state index contributed by atoms with van der Waals surface area (Å²) in [6, 6.07) is 8.87. The van der Waals surface area contributed by atoms with Crippen LogP contribution in [0.3, 0.4) is 0 Å². The molecule has 1 aromatic carbocycles. The summed E-state index contributed by atoms with van der Waals surface area (Å²) in [7, 11) is 1.74. The van der Waals surface area contributed by atoms with Crippen LogP contribution in [0.1, 0.15) is 107 Å². The number of benzene rings is 1. The highest BCUT2D eigenvalue weighted by Gasteiger charge is 2.49. The molecule has 10 heteroatoms. The predicted molar refractivity (Wildman–Crippen MR) is 195 cm³/mol. The second-order valence-electron chi connectivity index (χ2n) is 16.8. The third kappa shape index (κ3) is 6.53. The molecule has 9 rings (SSSR count). The Labute approximate surface area is 301 Å². The summed E-state index contributed by atoms with van der Waals surface area (Å²) in [5.41, 5.74) is 6.90. The van der Waals surface area contributed by atoms with E-state index in [1.165, 1.54) is 41.7 Å². The molecule has 0 atom stereocenters. The fourth-order valence-corrected chi connectivity index (χ4v) is 9.61. The van der Waals surface area contributed by atoms with Crippen LogP contribution in [0, 0.1) is 18.3 Å². The number of methoxy groups -OCH3 is 1. The number of hydrogen-bond donors (Lipinski definition) is 2. The highest BCUT2D eigenvalue weighted by molar-refractivity contribution is 5.93. The second kappa shape index (κ2) is 13.2. The zero-order valence-corrected chi connectivity index (χ0v) is 30.5. The van der Waals surface area contributed by atoms with Crippen LogP contribution in [-0.4, -0.2) is 69.2 Å². The number of aromatic nitrogens is 3. The van der Waals surface area contributed by atoms with Crippen molar-refractivity contribution in [2.24, 2.45) is 11.3 Å². The van der Waals surface area contributed by atoms with Gasteiger partial charge in [0.25, 0.3) is 0 Å². The first kappa shape index (κ1) is 34.2. The van der Waals surface area contributed by atoms with Crippen molar-refractivity contribution in [2.75, 3.05) is 25.5 Å². The summed E-state index contributed by atoms with van der Waals surface area (Å²) in [6.45, 7) is 5.07. The molecule has 5 saturated carbocycles. The Morgan fingerprint density at radius 1 is 0.961 bits per heavy atom. The molecule has 10 nitrogen and oxygen atoms in total. The fourth-order valence-electron chi connectivity index (χ4n) is 9.61. The van der Waals surface area contributed by atoms with E-state index < -0.39 is 6.10 Å². The number of nitrogens with zero attached hydrogens (tertiary/aromatic N) is 4. The van der Waals surface area contributed by atoms with Crippen molar-refractivity contribution in [3.05, 3.63) is 59.7 Å². The van der Waals surface area contributed by atoms with E-state index in [0.717, 1.165) is 66.8 Å². The van der Waals surface area contributed by atoms with Crippen molar-refractivity contribution in [3.8, 4) is 16.9 Å². The van der Waals surface area contributed by atoms with Crippen LogP contribution >= 0.6 is 0 Å². The van der Waals surface area contributed by atoms with E-state index in [2.05, 4.69) is 54.3 Å². The molecule has 3 heterocycles. The number of carbonyl (C=O) groups excluding carboxylic acids is 2. The molecule has 0 radical (unpaired) electrons. The number of aryl methyl sites for hydroxylation is 1. The van der Waals surface area contributed by atoms with Crippen molar-refractivity contribution in [2.45, 2.75) is 127 Å². The zero-order chi connectivity index (χ0) is 35.4. The van der Waals surface area contributed by atoms with Crippen LogP contribution < -0.4 is 10.1 Å². The van der Waals surface area contributed by atoms with Gasteiger partial charge in [-0.05, 0) is 138 Å². The number of fused-ring (bicyclic) bond motifs is 3. The average molecular weight is 696 g/mol. The van der Waals surface area contributed by atoms with Crippen molar-refractivity contribution >= 4 is 17.7 Å². The number of likely N-dealkylation sites (tertiary alicyclic amines) is 1. The highest BCUT2D eigenvalue weighted by atomic mass is 16.6. The Morgan fingerprint density at radius 3 is 2.31 bits per heavy atom.